The predicted octanol–water partition coefficient (Wildman–Crippen LogP) is 3.33. The van der Waals surface area contributed by atoms with E-state index in [2.05, 4.69) is 20.1 Å². The first-order chi connectivity index (χ1) is 16.6. The number of anilines is 2. The van der Waals surface area contributed by atoms with Crippen LogP contribution in [0.25, 0.3) is 11.0 Å². The van der Waals surface area contributed by atoms with Gasteiger partial charge in [-0.1, -0.05) is 6.07 Å². The Morgan fingerprint density at radius 3 is 2.46 bits per heavy atom. The molecule has 182 valence electrons. The second kappa shape index (κ2) is 9.26. The molecule has 0 fully saturated rings. The van der Waals surface area contributed by atoms with Crippen LogP contribution in [0.4, 0.5) is 11.4 Å². The summed E-state index contributed by atoms with van der Waals surface area (Å²) in [5.41, 5.74) is 1.76. The van der Waals surface area contributed by atoms with Crippen LogP contribution in [-0.4, -0.2) is 35.7 Å². The molecule has 0 aliphatic heterocycles. The van der Waals surface area contributed by atoms with Gasteiger partial charge < -0.3 is 10.1 Å². The Hall–Kier alpha value is -4.12. The number of pyridine rings is 1. The number of carbonyl (C=O) groups excluding carboxylic acids is 1. The fourth-order valence-electron chi connectivity index (χ4n) is 3.73. The molecule has 2 heterocycles. The van der Waals surface area contributed by atoms with E-state index < -0.39 is 21.5 Å². The van der Waals surface area contributed by atoms with Gasteiger partial charge in [0.2, 0.25) is 0 Å². The molecule has 10 nitrogen and oxygen atoms in total. The summed E-state index contributed by atoms with van der Waals surface area (Å²) in [6, 6.07) is 12.7. The number of hydrogen-bond donors (Lipinski definition) is 3. The highest BCUT2D eigenvalue weighted by molar-refractivity contribution is 7.92. The number of ether oxygens (including phenoxy) is 1. The molecule has 3 N–H and O–H groups in total. The molecule has 0 atom stereocenters. The number of amides is 1. The maximum absolute atomic E-state index is 13.1. The van der Waals surface area contributed by atoms with Crippen molar-refractivity contribution in [2.24, 2.45) is 7.05 Å². The lowest BCUT2D eigenvalue weighted by atomic mass is 10.1. The van der Waals surface area contributed by atoms with Gasteiger partial charge in [0, 0.05) is 24.1 Å². The summed E-state index contributed by atoms with van der Waals surface area (Å²) in [5.74, 6) is 0.0814. The van der Waals surface area contributed by atoms with Crippen molar-refractivity contribution in [3.8, 4) is 5.75 Å². The third-order valence-electron chi connectivity index (χ3n) is 5.34. The highest BCUT2D eigenvalue weighted by Crippen LogP contribution is 2.25. The summed E-state index contributed by atoms with van der Waals surface area (Å²) in [5, 5.41) is 5.46. The Kier molecular flexibility index (Phi) is 6.35. The zero-order valence-corrected chi connectivity index (χ0v) is 20.5. The van der Waals surface area contributed by atoms with E-state index in [1.54, 1.807) is 57.3 Å². The first-order valence-corrected chi connectivity index (χ1v) is 12.3. The molecule has 4 aromatic rings. The van der Waals surface area contributed by atoms with Gasteiger partial charge >= 0.3 is 0 Å². The number of fused-ring (bicyclic) bond motifs is 1. The van der Waals surface area contributed by atoms with E-state index in [4.69, 9.17) is 4.74 Å². The van der Waals surface area contributed by atoms with Crippen LogP contribution in [0.15, 0.2) is 58.2 Å². The Morgan fingerprint density at radius 1 is 1.09 bits per heavy atom. The molecule has 0 saturated heterocycles. The van der Waals surface area contributed by atoms with Crippen LogP contribution in [0.2, 0.25) is 0 Å². The minimum atomic E-state index is -3.95. The van der Waals surface area contributed by atoms with Crippen LogP contribution in [0, 0.1) is 13.8 Å². The highest BCUT2D eigenvalue weighted by Gasteiger charge is 2.21. The molecule has 0 radical (unpaired) electrons. The number of benzene rings is 2. The van der Waals surface area contributed by atoms with Gasteiger partial charge in [0.15, 0.2) is 5.65 Å². The number of rotatable bonds is 7. The van der Waals surface area contributed by atoms with Crippen molar-refractivity contribution in [3.05, 3.63) is 75.7 Å². The van der Waals surface area contributed by atoms with Crippen molar-refractivity contribution in [1.29, 1.82) is 0 Å². The summed E-state index contributed by atoms with van der Waals surface area (Å²) >= 11 is 0. The second-order valence-electron chi connectivity index (χ2n) is 8.01. The van der Waals surface area contributed by atoms with E-state index in [1.165, 1.54) is 16.8 Å². The molecular formula is C24H25N5O5S. The zero-order valence-electron chi connectivity index (χ0n) is 19.7. The molecule has 0 aliphatic rings. The topological polar surface area (TPSA) is 135 Å². The van der Waals surface area contributed by atoms with Crippen molar-refractivity contribution in [3.63, 3.8) is 0 Å². The molecule has 0 bridgehead atoms. The van der Waals surface area contributed by atoms with Crippen LogP contribution in [-0.2, 0) is 17.1 Å². The second-order valence-corrected chi connectivity index (χ2v) is 9.66. The summed E-state index contributed by atoms with van der Waals surface area (Å²) in [6.45, 7) is 5.75. The molecular weight excluding hydrogens is 470 g/mol. The van der Waals surface area contributed by atoms with Crippen molar-refractivity contribution in [2.45, 2.75) is 25.7 Å². The SMILES string of the molecule is CCOc1ccc(NS(=O)(=O)c2cc(NC(=O)c3cc(C)nc4c3c(=O)[nH]n4C)ccc2C)cc1. The van der Waals surface area contributed by atoms with E-state index in [-0.39, 0.29) is 21.5 Å². The summed E-state index contributed by atoms with van der Waals surface area (Å²) in [4.78, 5) is 29.8. The number of aromatic amines is 1. The van der Waals surface area contributed by atoms with Gasteiger partial charge in [0.05, 0.1) is 22.5 Å². The summed E-state index contributed by atoms with van der Waals surface area (Å²) in [6.07, 6.45) is 0. The lowest BCUT2D eigenvalue weighted by Crippen LogP contribution is -2.17. The maximum Gasteiger partial charge on any atom is 0.274 e. The van der Waals surface area contributed by atoms with E-state index in [1.807, 2.05) is 6.92 Å². The fourth-order valence-corrected chi connectivity index (χ4v) is 5.06. The molecule has 2 aromatic carbocycles. The van der Waals surface area contributed by atoms with E-state index in [0.717, 1.165) is 0 Å². The van der Waals surface area contributed by atoms with Crippen molar-refractivity contribution >= 4 is 38.3 Å². The summed E-state index contributed by atoms with van der Waals surface area (Å²) < 4.78 is 35.6. The molecule has 1 amide bonds. The Balaban J connectivity index is 1.63. The largest absolute Gasteiger partial charge is 0.494 e. The molecule has 0 aliphatic carbocycles. The minimum absolute atomic E-state index is 0.0119. The van der Waals surface area contributed by atoms with Crippen LogP contribution in [0.3, 0.4) is 0 Å². The van der Waals surface area contributed by atoms with Gasteiger partial charge in [-0.2, -0.15) is 0 Å². The maximum atomic E-state index is 13.1. The molecule has 11 heteroatoms. The Morgan fingerprint density at radius 2 is 1.77 bits per heavy atom. The highest BCUT2D eigenvalue weighted by atomic mass is 32.2. The standard InChI is InChI=1S/C24H25N5O5S/c1-5-34-18-10-8-16(9-11-18)28-35(32,33)20-13-17(7-6-14(20)2)26-23(30)19-12-15(3)25-22-21(19)24(31)27-29(22)4/h6-13,28H,5H2,1-4H3,(H,26,30)(H,27,31). The smallest absolute Gasteiger partial charge is 0.274 e. The molecule has 0 spiro atoms. The molecule has 0 saturated carbocycles. The monoisotopic (exact) mass is 495 g/mol. The Bertz CT molecular complexity index is 1590. The number of sulfonamides is 1. The van der Waals surface area contributed by atoms with Gasteiger partial charge in [-0.05, 0) is 68.8 Å². The summed E-state index contributed by atoms with van der Waals surface area (Å²) in [7, 11) is -2.32. The molecule has 4 rings (SSSR count). The average molecular weight is 496 g/mol. The number of nitrogens with zero attached hydrogens (tertiary/aromatic N) is 2. The minimum Gasteiger partial charge on any atom is -0.494 e. The third kappa shape index (κ3) is 4.90. The van der Waals surface area contributed by atoms with Crippen LogP contribution in [0.5, 0.6) is 5.75 Å². The number of hydrogen-bond acceptors (Lipinski definition) is 6. The first kappa shape index (κ1) is 24.0. The van der Waals surface area contributed by atoms with Crippen molar-refractivity contribution in [1.82, 2.24) is 14.8 Å². The third-order valence-corrected chi connectivity index (χ3v) is 6.86. The fraction of sp³-hybridized carbons (Fsp3) is 0.208. The first-order valence-electron chi connectivity index (χ1n) is 10.8. The lowest BCUT2D eigenvalue weighted by molar-refractivity contribution is 0.102. The predicted molar refractivity (Wildman–Crippen MR) is 134 cm³/mol. The molecule has 2 aromatic heterocycles. The van der Waals surface area contributed by atoms with Gasteiger partial charge in [0.25, 0.3) is 21.5 Å². The van der Waals surface area contributed by atoms with Gasteiger partial charge in [0.1, 0.15) is 5.75 Å². The number of H-pyrrole nitrogens is 1. The van der Waals surface area contributed by atoms with Gasteiger partial charge in [-0.3, -0.25) is 24.1 Å². The zero-order chi connectivity index (χ0) is 25.3. The van der Waals surface area contributed by atoms with Crippen LogP contribution < -0.4 is 20.3 Å². The molecule has 0 unspecified atom stereocenters. The number of nitrogens with one attached hydrogen (secondary N) is 3. The lowest BCUT2D eigenvalue weighted by Gasteiger charge is -2.13. The molecule has 35 heavy (non-hydrogen) atoms. The van der Waals surface area contributed by atoms with Gasteiger partial charge in [-0.15, -0.1) is 0 Å². The van der Waals surface area contributed by atoms with E-state index in [9.17, 15) is 18.0 Å². The van der Waals surface area contributed by atoms with Crippen LogP contribution >= 0.6 is 0 Å². The number of aromatic nitrogens is 3. The van der Waals surface area contributed by atoms with Crippen molar-refractivity contribution in [2.75, 3.05) is 16.6 Å². The van der Waals surface area contributed by atoms with Crippen LogP contribution in [0.1, 0.15) is 28.5 Å². The quantitative estimate of drug-likeness (QED) is 0.360. The Labute approximate surface area is 202 Å². The van der Waals surface area contributed by atoms with Crippen molar-refractivity contribution < 1.29 is 17.9 Å². The van der Waals surface area contributed by atoms with Gasteiger partial charge in [-0.25, -0.2) is 13.4 Å². The van der Waals surface area contributed by atoms with E-state index in [0.29, 0.717) is 34.9 Å². The number of aryl methyl sites for hydroxylation is 3. The van der Waals surface area contributed by atoms with E-state index >= 15 is 0 Å². The number of carbonyl (C=O) groups is 1. The normalized spacial score (nSPS) is 11.4. The average Bonchev–Trinajstić information content (AvgIpc) is 3.08.